The summed E-state index contributed by atoms with van der Waals surface area (Å²) in [5.74, 6) is 7.33. The van der Waals surface area contributed by atoms with Gasteiger partial charge in [0.15, 0.2) is 5.82 Å². The van der Waals surface area contributed by atoms with E-state index in [-0.39, 0.29) is 0 Å². The van der Waals surface area contributed by atoms with E-state index in [1.54, 1.807) is 13.2 Å². The highest BCUT2D eigenvalue weighted by Crippen LogP contribution is 2.11. The van der Waals surface area contributed by atoms with Crippen molar-refractivity contribution in [1.29, 1.82) is 0 Å². The minimum Gasteiger partial charge on any atom is -0.377 e. The van der Waals surface area contributed by atoms with Crippen LogP contribution in [-0.2, 0) is 11.3 Å². The third-order valence-electron chi connectivity index (χ3n) is 2.53. The summed E-state index contributed by atoms with van der Waals surface area (Å²) >= 11 is 0. The molecule has 0 unspecified atom stereocenters. The van der Waals surface area contributed by atoms with Crippen molar-refractivity contribution in [2.24, 2.45) is 5.84 Å². The molecule has 0 aliphatic carbocycles. The molecule has 0 fully saturated rings. The van der Waals surface area contributed by atoms with Gasteiger partial charge >= 0.3 is 0 Å². The zero-order valence-corrected chi connectivity index (χ0v) is 11.9. The number of aromatic nitrogens is 2. The average molecular weight is 268 g/mol. The molecule has 0 radical (unpaired) electrons. The normalized spacial score (nSPS) is 10.8. The van der Waals surface area contributed by atoms with E-state index in [0.717, 1.165) is 31.7 Å². The van der Waals surface area contributed by atoms with Crippen LogP contribution in [0.3, 0.4) is 0 Å². The lowest BCUT2D eigenvalue weighted by atomic mass is 10.3. The van der Waals surface area contributed by atoms with Crippen LogP contribution in [0, 0.1) is 0 Å². The fourth-order valence-corrected chi connectivity index (χ4v) is 1.62. The maximum Gasteiger partial charge on any atom is 0.158 e. The molecule has 0 aromatic carbocycles. The first kappa shape index (κ1) is 15.6. The van der Waals surface area contributed by atoms with Gasteiger partial charge in [0.25, 0.3) is 0 Å². The van der Waals surface area contributed by atoms with Gasteiger partial charge < -0.3 is 20.4 Å². The highest BCUT2D eigenvalue weighted by atomic mass is 16.5. The second-order valence-corrected chi connectivity index (χ2v) is 4.57. The molecule has 1 heterocycles. The Morgan fingerprint density at radius 3 is 2.63 bits per heavy atom. The van der Waals surface area contributed by atoms with Gasteiger partial charge in [0, 0.05) is 19.7 Å². The molecule has 0 aliphatic heterocycles. The smallest absolute Gasteiger partial charge is 0.158 e. The predicted octanol–water partition coefficient (Wildman–Crippen LogP) is 0.662. The molecular weight excluding hydrogens is 244 g/mol. The first-order valence-electron chi connectivity index (χ1n) is 6.38. The monoisotopic (exact) mass is 268 g/mol. The van der Waals surface area contributed by atoms with Crippen LogP contribution in [0.2, 0.25) is 0 Å². The van der Waals surface area contributed by atoms with Crippen molar-refractivity contribution >= 4 is 11.6 Å². The van der Waals surface area contributed by atoms with Crippen molar-refractivity contribution in [2.45, 2.75) is 19.4 Å². The van der Waals surface area contributed by atoms with E-state index in [4.69, 9.17) is 10.6 Å². The Hall–Kier alpha value is -1.44. The topological polar surface area (TPSA) is 88.3 Å². The zero-order chi connectivity index (χ0) is 14.1. The molecule has 108 valence electrons. The van der Waals surface area contributed by atoms with Crippen LogP contribution in [0.25, 0.3) is 0 Å². The molecule has 4 N–H and O–H groups in total. The second kappa shape index (κ2) is 8.63. The largest absolute Gasteiger partial charge is 0.377 e. The highest BCUT2D eigenvalue weighted by molar-refractivity contribution is 5.46. The van der Waals surface area contributed by atoms with Gasteiger partial charge in [0.1, 0.15) is 18.2 Å². The van der Waals surface area contributed by atoms with E-state index >= 15 is 0 Å². The molecule has 7 heteroatoms. The van der Waals surface area contributed by atoms with Crippen LogP contribution in [0.5, 0.6) is 0 Å². The Balaban J connectivity index is 2.45. The molecule has 0 saturated heterocycles. The van der Waals surface area contributed by atoms with Gasteiger partial charge in [-0.3, -0.25) is 0 Å². The number of hydrazine groups is 1. The number of nitrogens with zero attached hydrogens (tertiary/aromatic N) is 3. The number of hydrogen-bond acceptors (Lipinski definition) is 7. The third kappa shape index (κ3) is 6.32. The number of anilines is 2. The number of rotatable bonds is 9. The summed E-state index contributed by atoms with van der Waals surface area (Å²) in [6, 6.07) is 1.78. The van der Waals surface area contributed by atoms with Crippen LogP contribution in [0.15, 0.2) is 6.07 Å². The van der Waals surface area contributed by atoms with Crippen LogP contribution < -0.4 is 16.6 Å². The fraction of sp³-hybridized carbons (Fsp3) is 0.667. The molecule has 7 nitrogen and oxygen atoms in total. The van der Waals surface area contributed by atoms with Crippen LogP contribution in [0.1, 0.15) is 18.7 Å². The van der Waals surface area contributed by atoms with E-state index in [2.05, 4.69) is 39.7 Å². The first-order valence-corrected chi connectivity index (χ1v) is 6.38. The summed E-state index contributed by atoms with van der Waals surface area (Å²) in [6.45, 7) is 2.34. The lowest BCUT2D eigenvalue weighted by Crippen LogP contribution is -2.15. The number of ether oxygens (including phenoxy) is 1. The van der Waals surface area contributed by atoms with Crippen molar-refractivity contribution in [2.75, 3.05) is 45.0 Å². The number of unbranched alkanes of at least 4 members (excludes halogenated alkanes) is 1. The lowest BCUT2D eigenvalue weighted by molar-refractivity contribution is 0.178. The summed E-state index contributed by atoms with van der Waals surface area (Å²) < 4.78 is 5.02. The maximum absolute atomic E-state index is 5.38. The SMILES string of the molecule is COCc1nc(NN)cc(NCCCCN(C)C)n1. The van der Waals surface area contributed by atoms with E-state index in [1.807, 2.05) is 0 Å². The summed E-state index contributed by atoms with van der Waals surface area (Å²) in [5.41, 5.74) is 2.53. The highest BCUT2D eigenvalue weighted by Gasteiger charge is 2.03. The second-order valence-electron chi connectivity index (χ2n) is 4.57. The molecule has 0 bridgehead atoms. The summed E-state index contributed by atoms with van der Waals surface area (Å²) in [5, 5.41) is 3.27. The van der Waals surface area contributed by atoms with Crippen molar-refractivity contribution in [3.05, 3.63) is 11.9 Å². The molecule has 1 aromatic rings. The number of methoxy groups -OCH3 is 1. The number of nitrogen functional groups attached to an aromatic ring is 1. The molecule has 0 saturated carbocycles. The molecule has 19 heavy (non-hydrogen) atoms. The predicted molar refractivity (Wildman–Crippen MR) is 76.8 cm³/mol. The summed E-state index contributed by atoms with van der Waals surface area (Å²) in [6.07, 6.45) is 2.24. The quantitative estimate of drug-likeness (QED) is 0.344. The number of nitrogens with one attached hydrogen (secondary N) is 2. The minimum absolute atomic E-state index is 0.366. The molecule has 0 spiro atoms. The van der Waals surface area contributed by atoms with Crippen molar-refractivity contribution in [1.82, 2.24) is 14.9 Å². The van der Waals surface area contributed by atoms with Gasteiger partial charge in [-0.1, -0.05) is 0 Å². The molecule has 1 rings (SSSR count). The average Bonchev–Trinajstić information content (AvgIpc) is 2.38. The van der Waals surface area contributed by atoms with E-state index < -0.39 is 0 Å². The molecule has 1 aromatic heterocycles. The first-order chi connectivity index (χ1) is 9.15. The Labute approximate surface area is 114 Å². The van der Waals surface area contributed by atoms with E-state index in [9.17, 15) is 0 Å². The van der Waals surface area contributed by atoms with E-state index in [1.165, 1.54) is 0 Å². The van der Waals surface area contributed by atoms with Crippen molar-refractivity contribution in [3.8, 4) is 0 Å². The van der Waals surface area contributed by atoms with Crippen LogP contribution in [0.4, 0.5) is 11.6 Å². The number of nitrogens with two attached hydrogens (primary N) is 1. The van der Waals surface area contributed by atoms with Gasteiger partial charge in [-0.05, 0) is 33.5 Å². The Kier molecular flexibility index (Phi) is 7.09. The Bertz CT molecular complexity index is 371. The number of hydrogen-bond donors (Lipinski definition) is 3. The minimum atomic E-state index is 0.366. The summed E-state index contributed by atoms with van der Waals surface area (Å²) in [7, 11) is 5.77. The Morgan fingerprint density at radius 2 is 2.00 bits per heavy atom. The van der Waals surface area contributed by atoms with E-state index in [0.29, 0.717) is 18.2 Å². The van der Waals surface area contributed by atoms with Crippen molar-refractivity contribution in [3.63, 3.8) is 0 Å². The summed E-state index contributed by atoms with van der Waals surface area (Å²) in [4.78, 5) is 10.7. The van der Waals surface area contributed by atoms with Gasteiger partial charge in [-0.2, -0.15) is 0 Å². The third-order valence-corrected chi connectivity index (χ3v) is 2.53. The molecule has 0 atom stereocenters. The van der Waals surface area contributed by atoms with Crippen molar-refractivity contribution < 1.29 is 4.74 Å². The molecule has 0 aliphatic rings. The zero-order valence-electron chi connectivity index (χ0n) is 11.9. The van der Waals surface area contributed by atoms with Crippen LogP contribution >= 0.6 is 0 Å². The fourth-order valence-electron chi connectivity index (χ4n) is 1.62. The Morgan fingerprint density at radius 1 is 1.26 bits per heavy atom. The molecule has 0 amide bonds. The van der Waals surface area contributed by atoms with Crippen LogP contribution in [-0.4, -0.2) is 49.2 Å². The maximum atomic E-state index is 5.38. The molecular formula is C12H24N6O. The standard InChI is InChI=1S/C12H24N6O/c1-18(2)7-5-4-6-14-10-8-11(17-13)16-12(15-10)9-19-3/h8H,4-7,9,13H2,1-3H3,(H2,14,15,16,17). The van der Waals surface area contributed by atoms with Gasteiger partial charge in [-0.25, -0.2) is 15.8 Å². The lowest BCUT2D eigenvalue weighted by Gasteiger charge is -2.11. The van der Waals surface area contributed by atoms with Gasteiger partial charge in [0.05, 0.1) is 0 Å². The van der Waals surface area contributed by atoms with Gasteiger partial charge in [0.2, 0.25) is 0 Å². The van der Waals surface area contributed by atoms with Gasteiger partial charge in [-0.15, -0.1) is 0 Å².